The van der Waals surface area contributed by atoms with Gasteiger partial charge in [0.1, 0.15) is 0 Å². The van der Waals surface area contributed by atoms with Gasteiger partial charge in [0.15, 0.2) is 11.5 Å². The summed E-state index contributed by atoms with van der Waals surface area (Å²) in [4.78, 5) is 18.5. The smallest absolute Gasteiger partial charge is 0.276 e. The number of amides is 1. The SMILES string of the molecule is O=C(c1noc2c1CCc1sccc1-2)N1CCN(c2cccc(Cl)c2)CC1. The van der Waals surface area contributed by atoms with Crippen molar-refractivity contribution in [2.75, 3.05) is 31.1 Å². The van der Waals surface area contributed by atoms with Crippen LogP contribution in [0.15, 0.2) is 40.2 Å². The van der Waals surface area contributed by atoms with Crippen molar-refractivity contribution in [3.63, 3.8) is 0 Å². The highest BCUT2D eigenvalue weighted by Gasteiger charge is 2.31. The Kier molecular flexibility index (Phi) is 4.17. The Labute approximate surface area is 166 Å². The van der Waals surface area contributed by atoms with Crippen molar-refractivity contribution in [2.24, 2.45) is 0 Å². The third kappa shape index (κ3) is 2.93. The first kappa shape index (κ1) is 16.8. The lowest BCUT2D eigenvalue weighted by Crippen LogP contribution is -2.49. The van der Waals surface area contributed by atoms with Gasteiger partial charge in [0.2, 0.25) is 0 Å². The molecule has 1 fully saturated rings. The van der Waals surface area contributed by atoms with Gasteiger partial charge in [-0.1, -0.05) is 22.8 Å². The van der Waals surface area contributed by atoms with Crippen LogP contribution < -0.4 is 4.90 Å². The lowest BCUT2D eigenvalue weighted by Gasteiger charge is -2.36. The van der Waals surface area contributed by atoms with Gasteiger partial charge in [0, 0.05) is 52.9 Å². The van der Waals surface area contributed by atoms with Gasteiger partial charge in [-0.15, -0.1) is 11.3 Å². The second kappa shape index (κ2) is 6.69. The molecule has 1 aliphatic heterocycles. The second-order valence-corrected chi connectivity index (χ2v) is 8.29. The molecule has 3 heterocycles. The van der Waals surface area contributed by atoms with E-state index in [-0.39, 0.29) is 5.91 Å². The van der Waals surface area contributed by atoms with Gasteiger partial charge in [0.05, 0.1) is 0 Å². The van der Waals surface area contributed by atoms with Gasteiger partial charge in [-0.2, -0.15) is 0 Å². The van der Waals surface area contributed by atoms with Crippen LogP contribution in [-0.2, 0) is 12.8 Å². The van der Waals surface area contributed by atoms with Crippen LogP contribution in [0.5, 0.6) is 0 Å². The Morgan fingerprint density at radius 1 is 1.15 bits per heavy atom. The first-order chi connectivity index (χ1) is 13.2. The Balaban J connectivity index is 1.32. The molecule has 2 aromatic heterocycles. The van der Waals surface area contributed by atoms with Crippen molar-refractivity contribution in [2.45, 2.75) is 12.8 Å². The van der Waals surface area contributed by atoms with Crippen LogP contribution in [0.3, 0.4) is 0 Å². The minimum atomic E-state index is -0.0237. The predicted octanol–water partition coefficient (Wildman–Crippen LogP) is 4.12. The fourth-order valence-electron chi connectivity index (χ4n) is 3.89. The average Bonchev–Trinajstić information content (AvgIpc) is 3.34. The summed E-state index contributed by atoms with van der Waals surface area (Å²) >= 11 is 7.83. The van der Waals surface area contributed by atoms with E-state index < -0.39 is 0 Å². The molecule has 0 spiro atoms. The largest absolute Gasteiger partial charge is 0.368 e. The van der Waals surface area contributed by atoms with E-state index in [1.165, 1.54) is 4.88 Å². The maximum Gasteiger partial charge on any atom is 0.276 e. The molecule has 1 amide bonds. The standard InChI is InChI=1S/C20H18ClN3O2S/c21-13-2-1-3-14(12-13)23-7-9-24(10-8-23)20(25)18-16-4-5-17-15(6-11-27-17)19(16)26-22-18/h1-3,6,11-12H,4-5,7-10H2. The monoisotopic (exact) mass is 399 g/mol. The van der Waals surface area contributed by atoms with Crippen LogP contribution in [0.1, 0.15) is 20.9 Å². The number of benzene rings is 1. The number of aromatic nitrogens is 1. The van der Waals surface area contributed by atoms with Crippen molar-refractivity contribution in [3.05, 3.63) is 56.9 Å². The quantitative estimate of drug-likeness (QED) is 0.650. The molecule has 1 aromatic carbocycles. The van der Waals surface area contributed by atoms with Crippen LogP contribution in [0.2, 0.25) is 5.02 Å². The molecule has 2 aliphatic rings. The van der Waals surface area contributed by atoms with Gasteiger partial charge in [-0.25, -0.2) is 0 Å². The number of anilines is 1. The fourth-order valence-corrected chi connectivity index (χ4v) is 4.95. The van der Waals surface area contributed by atoms with Crippen LogP contribution in [0.25, 0.3) is 11.3 Å². The number of thiophene rings is 1. The zero-order chi connectivity index (χ0) is 18.4. The van der Waals surface area contributed by atoms with Crippen LogP contribution in [0, 0.1) is 0 Å². The van der Waals surface area contributed by atoms with Crippen LogP contribution in [-0.4, -0.2) is 42.1 Å². The zero-order valence-electron chi connectivity index (χ0n) is 14.7. The molecule has 0 atom stereocenters. The number of nitrogens with zero attached hydrogens (tertiary/aromatic N) is 3. The van der Waals surface area contributed by atoms with Crippen molar-refractivity contribution < 1.29 is 9.32 Å². The van der Waals surface area contributed by atoms with Gasteiger partial charge in [-0.05, 0) is 42.5 Å². The molecular weight excluding hydrogens is 382 g/mol. The highest BCUT2D eigenvalue weighted by atomic mass is 35.5. The summed E-state index contributed by atoms with van der Waals surface area (Å²) in [6.07, 6.45) is 1.76. The van der Waals surface area contributed by atoms with Gasteiger partial charge >= 0.3 is 0 Å². The normalized spacial score (nSPS) is 16.2. The molecule has 5 rings (SSSR count). The summed E-state index contributed by atoms with van der Waals surface area (Å²) < 4.78 is 5.57. The van der Waals surface area contributed by atoms with Gasteiger partial charge in [0.25, 0.3) is 5.91 Å². The highest BCUT2D eigenvalue weighted by Crippen LogP contribution is 2.38. The lowest BCUT2D eigenvalue weighted by atomic mass is 9.95. The molecule has 7 heteroatoms. The van der Waals surface area contributed by atoms with E-state index in [0.29, 0.717) is 18.8 Å². The molecular formula is C20H18ClN3O2S. The van der Waals surface area contributed by atoms with E-state index in [1.54, 1.807) is 11.3 Å². The highest BCUT2D eigenvalue weighted by molar-refractivity contribution is 7.10. The minimum Gasteiger partial charge on any atom is -0.368 e. The van der Waals surface area contributed by atoms with Crippen LogP contribution >= 0.6 is 22.9 Å². The number of hydrogen-bond acceptors (Lipinski definition) is 5. The zero-order valence-corrected chi connectivity index (χ0v) is 16.2. The Bertz CT molecular complexity index is 1000. The summed E-state index contributed by atoms with van der Waals surface area (Å²) in [6.45, 7) is 2.88. The molecule has 138 valence electrons. The van der Waals surface area contributed by atoms with Crippen molar-refractivity contribution in [1.82, 2.24) is 10.1 Å². The summed E-state index contributed by atoms with van der Waals surface area (Å²) in [6, 6.07) is 9.90. The topological polar surface area (TPSA) is 49.6 Å². The van der Waals surface area contributed by atoms with E-state index in [9.17, 15) is 4.79 Å². The number of piperazine rings is 1. The van der Waals surface area contributed by atoms with Gasteiger partial charge < -0.3 is 14.3 Å². The molecule has 0 radical (unpaired) electrons. The second-order valence-electron chi connectivity index (χ2n) is 6.86. The van der Waals surface area contributed by atoms with Crippen molar-refractivity contribution >= 4 is 34.5 Å². The summed E-state index contributed by atoms with van der Waals surface area (Å²) in [7, 11) is 0. The predicted molar refractivity (Wildman–Crippen MR) is 107 cm³/mol. The first-order valence-electron chi connectivity index (χ1n) is 9.06. The summed E-state index contributed by atoms with van der Waals surface area (Å²) in [5, 5.41) is 6.95. The number of carbonyl (C=O) groups is 1. The molecule has 0 unspecified atom stereocenters. The molecule has 1 aliphatic carbocycles. The fraction of sp³-hybridized carbons (Fsp3) is 0.300. The number of aryl methyl sites for hydroxylation is 1. The molecule has 1 saturated heterocycles. The van der Waals surface area contributed by atoms with Crippen molar-refractivity contribution in [1.29, 1.82) is 0 Å². The van der Waals surface area contributed by atoms with Gasteiger partial charge in [-0.3, -0.25) is 4.79 Å². The maximum absolute atomic E-state index is 13.0. The molecule has 0 N–H and O–H groups in total. The number of hydrogen-bond donors (Lipinski definition) is 0. The maximum atomic E-state index is 13.0. The number of halogens is 1. The molecule has 0 saturated carbocycles. The van der Waals surface area contributed by atoms with E-state index in [0.717, 1.165) is 53.5 Å². The summed E-state index contributed by atoms with van der Waals surface area (Å²) in [5.41, 5.74) is 3.64. The number of carbonyl (C=O) groups excluding carboxylic acids is 1. The Morgan fingerprint density at radius 2 is 2.00 bits per heavy atom. The van der Waals surface area contributed by atoms with Crippen LogP contribution in [0.4, 0.5) is 5.69 Å². The third-order valence-electron chi connectivity index (χ3n) is 5.32. The van der Waals surface area contributed by atoms with E-state index >= 15 is 0 Å². The molecule has 27 heavy (non-hydrogen) atoms. The number of fused-ring (bicyclic) bond motifs is 3. The van der Waals surface area contributed by atoms with E-state index in [2.05, 4.69) is 27.6 Å². The average molecular weight is 400 g/mol. The van der Waals surface area contributed by atoms with E-state index in [1.807, 2.05) is 23.1 Å². The first-order valence-corrected chi connectivity index (χ1v) is 10.3. The van der Waals surface area contributed by atoms with Crippen molar-refractivity contribution in [3.8, 4) is 11.3 Å². The minimum absolute atomic E-state index is 0.0237. The molecule has 0 bridgehead atoms. The Hall–Kier alpha value is -2.31. The number of rotatable bonds is 2. The Morgan fingerprint density at radius 3 is 2.81 bits per heavy atom. The molecule has 3 aromatic rings. The third-order valence-corrected chi connectivity index (χ3v) is 6.54. The summed E-state index contributed by atoms with van der Waals surface area (Å²) in [5.74, 6) is 0.753. The molecule has 5 nitrogen and oxygen atoms in total. The lowest BCUT2D eigenvalue weighted by molar-refractivity contribution is 0.0735. The van der Waals surface area contributed by atoms with E-state index in [4.69, 9.17) is 16.1 Å².